The van der Waals surface area contributed by atoms with Crippen molar-refractivity contribution in [3.63, 3.8) is 0 Å². The number of aliphatic carboxylic acids is 1. The van der Waals surface area contributed by atoms with Gasteiger partial charge in [0.1, 0.15) is 6.10 Å². The minimum Gasteiger partial charge on any atom is -0.479 e. The van der Waals surface area contributed by atoms with E-state index in [9.17, 15) is 9.59 Å². The largest absolute Gasteiger partial charge is 0.479 e. The fourth-order valence-electron chi connectivity index (χ4n) is 2.50. The molecule has 1 unspecified atom stereocenters. The van der Waals surface area contributed by atoms with Crippen molar-refractivity contribution in [1.82, 2.24) is 5.32 Å². The number of carboxylic acid groups (broad SMARTS) is 1. The molecule has 0 aromatic heterocycles. The lowest BCUT2D eigenvalue weighted by molar-refractivity contribution is -0.151. The van der Waals surface area contributed by atoms with E-state index in [-0.39, 0.29) is 12.0 Å². The van der Waals surface area contributed by atoms with Gasteiger partial charge in [0.2, 0.25) is 5.91 Å². The van der Waals surface area contributed by atoms with E-state index in [2.05, 4.69) is 5.32 Å². The zero-order valence-corrected chi connectivity index (χ0v) is 12.1. The van der Waals surface area contributed by atoms with Gasteiger partial charge in [0.25, 0.3) is 0 Å². The number of ether oxygens (including phenoxy) is 3. The summed E-state index contributed by atoms with van der Waals surface area (Å²) in [4.78, 5) is 22.5. The summed E-state index contributed by atoms with van der Waals surface area (Å²) >= 11 is 0. The summed E-state index contributed by atoms with van der Waals surface area (Å²) in [5.41, 5.74) is 0. The van der Waals surface area contributed by atoms with Gasteiger partial charge in [-0.15, -0.1) is 0 Å². The van der Waals surface area contributed by atoms with Crippen LogP contribution in [0.2, 0.25) is 0 Å². The Balaban J connectivity index is 1.48. The summed E-state index contributed by atoms with van der Waals surface area (Å²) in [5, 5.41) is 11.5. The number of carbonyl (C=O) groups is 2. The van der Waals surface area contributed by atoms with Crippen LogP contribution in [0, 0.1) is 0 Å². The van der Waals surface area contributed by atoms with E-state index in [4.69, 9.17) is 19.3 Å². The third-order valence-corrected chi connectivity index (χ3v) is 3.68. The average Bonchev–Trinajstić information content (AvgIpc) is 3.13. The van der Waals surface area contributed by atoms with Crippen molar-refractivity contribution in [3.05, 3.63) is 0 Å². The van der Waals surface area contributed by atoms with Crippen LogP contribution in [0.4, 0.5) is 0 Å². The Morgan fingerprint density at radius 3 is 2.71 bits per heavy atom. The van der Waals surface area contributed by atoms with E-state index in [1.54, 1.807) is 0 Å². The van der Waals surface area contributed by atoms with Crippen LogP contribution in [-0.4, -0.2) is 61.7 Å². The van der Waals surface area contributed by atoms with Crippen molar-refractivity contribution in [1.29, 1.82) is 0 Å². The van der Waals surface area contributed by atoms with E-state index < -0.39 is 18.2 Å². The van der Waals surface area contributed by atoms with E-state index in [1.807, 2.05) is 0 Å². The topological polar surface area (TPSA) is 94.1 Å². The van der Waals surface area contributed by atoms with Crippen molar-refractivity contribution < 1.29 is 28.9 Å². The van der Waals surface area contributed by atoms with Crippen LogP contribution in [0.3, 0.4) is 0 Å². The zero-order valence-electron chi connectivity index (χ0n) is 12.1. The molecule has 7 heteroatoms. The molecule has 3 atom stereocenters. The Kier molecular flexibility index (Phi) is 6.41. The second-order valence-corrected chi connectivity index (χ2v) is 5.38. The minimum absolute atomic E-state index is 0.222. The molecule has 0 aromatic carbocycles. The Hall–Kier alpha value is -1.18. The molecule has 2 aliphatic rings. The van der Waals surface area contributed by atoms with Gasteiger partial charge in [0.05, 0.1) is 12.7 Å². The molecule has 1 amide bonds. The summed E-state index contributed by atoms with van der Waals surface area (Å²) in [5.74, 6) is -1.24. The van der Waals surface area contributed by atoms with E-state index in [0.29, 0.717) is 39.0 Å². The van der Waals surface area contributed by atoms with Crippen molar-refractivity contribution in [2.24, 2.45) is 0 Å². The molecule has 120 valence electrons. The first kappa shape index (κ1) is 16.2. The summed E-state index contributed by atoms with van der Waals surface area (Å²) in [7, 11) is 0. The number of carbonyl (C=O) groups excluding carboxylic acids is 1. The number of carboxylic acids is 1. The molecule has 0 aliphatic carbocycles. The zero-order chi connectivity index (χ0) is 15.1. The molecule has 2 rings (SSSR count). The maximum Gasteiger partial charge on any atom is 0.332 e. The van der Waals surface area contributed by atoms with E-state index in [0.717, 1.165) is 19.4 Å². The van der Waals surface area contributed by atoms with Crippen molar-refractivity contribution >= 4 is 11.9 Å². The highest BCUT2D eigenvalue weighted by Gasteiger charge is 2.34. The molecule has 2 heterocycles. The second-order valence-electron chi connectivity index (χ2n) is 5.38. The fourth-order valence-corrected chi connectivity index (χ4v) is 2.50. The molecule has 2 fully saturated rings. The molecule has 2 N–H and O–H groups in total. The third kappa shape index (κ3) is 5.26. The average molecular weight is 301 g/mol. The number of hydrogen-bond donors (Lipinski definition) is 2. The van der Waals surface area contributed by atoms with Crippen LogP contribution in [0.15, 0.2) is 0 Å². The van der Waals surface area contributed by atoms with Gasteiger partial charge in [-0.25, -0.2) is 4.79 Å². The molecular weight excluding hydrogens is 278 g/mol. The molecule has 2 aliphatic heterocycles. The molecular formula is C14H23NO6. The lowest BCUT2D eigenvalue weighted by Gasteiger charge is -2.12. The smallest absolute Gasteiger partial charge is 0.332 e. The highest BCUT2D eigenvalue weighted by Crippen LogP contribution is 2.19. The van der Waals surface area contributed by atoms with Gasteiger partial charge in [-0.1, -0.05) is 0 Å². The lowest BCUT2D eigenvalue weighted by Crippen LogP contribution is -2.36. The molecule has 0 aromatic rings. The molecule has 2 saturated heterocycles. The predicted octanol–water partition coefficient (Wildman–Crippen LogP) is 0.321. The summed E-state index contributed by atoms with van der Waals surface area (Å²) in [6.07, 6.45) is 2.45. The SMILES string of the molecule is O=C(NCCCOCC1CCCO1)[C@@H]1CC[C@H](C(=O)O)O1. The molecule has 0 saturated carbocycles. The van der Waals surface area contributed by atoms with Crippen molar-refractivity contribution in [2.75, 3.05) is 26.4 Å². The van der Waals surface area contributed by atoms with Crippen molar-refractivity contribution in [3.8, 4) is 0 Å². The molecule has 0 spiro atoms. The maximum atomic E-state index is 11.8. The van der Waals surface area contributed by atoms with Gasteiger partial charge >= 0.3 is 5.97 Å². The van der Waals surface area contributed by atoms with Gasteiger partial charge < -0.3 is 24.6 Å². The second kappa shape index (κ2) is 8.31. The van der Waals surface area contributed by atoms with Crippen LogP contribution >= 0.6 is 0 Å². The van der Waals surface area contributed by atoms with Crippen LogP contribution in [-0.2, 0) is 23.8 Å². The normalized spacial score (nSPS) is 28.7. The molecule has 0 bridgehead atoms. The monoisotopic (exact) mass is 301 g/mol. The minimum atomic E-state index is -1.01. The Bertz CT molecular complexity index is 355. The highest BCUT2D eigenvalue weighted by molar-refractivity contribution is 5.82. The molecule has 0 radical (unpaired) electrons. The number of amides is 1. The number of rotatable bonds is 8. The lowest BCUT2D eigenvalue weighted by atomic mass is 10.2. The quantitative estimate of drug-likeness (QED) is 0.627. The highest BCUT2D eigenvalue weighted by atomic mass is 16.5. The third-order valence-electron chi connectivity index (χ3n) is 3.68. The first-order valence-electron chi connectivity index (χ1n) is 7.52. The summed E-state index contributed by atoms with van der Waals surface area (Å²) < 4.78 is 16.1. The molecule has 7 nitrogen and oxygen atoms in total. The maximum absolute atomic E-state index is 11.8. The number of nitrogens with one attached hydrogen (secondary N) is 1. The first-order chi connectivity index (χ1) is 10.2. The van der Waals surface area contributed by atoms with Crippen LogP contribution in [0.1, 0.15) is 32.1 Å². The van der Waals surface area contributed by atoms with Crippen LogP contribution < -0.4 is 5.32 Å². The summed E-state index contributed by atoms with van der Waals surface area (Å²) in [6.45, 7) is 2.51. The first-order valence-corrected chi connectivity index (χ1v) is 7.52. The fraction of sp³-hybridized carbons (Fsp3) is 0.857. The van der Waals surface area contributed by atoms with E-state index in [1.165, 1.54) is 0 Å². The van der Waals surface area contributed by atoms with Gasteiger partial charge in [-0.05, 0) is 32.1 Å². The van der Waals surface area contributed by atoms with Gasteiger partial charge in [-0.3, -0.25) is 4.79 Å². The summed E-state index contributed by atoms with van der Waals surface area (Å²) in [6, 6.07) is 0. The van der Waals surface area contributed by atoms with Crippen molar-refractivity contribution in [2.45, 2.75) is 50.4 Å². The van der Waals surface area contributed by atoms with Gasteiger partial charge in [0, 0.05) is 19.8 Å². The number of hydrogen-bond acceptors (Lipinski definition) is 5. The predicted molar refractivity (Wildman–Crippen MR) is 73.0 cm³/mol. The molecule has 21 heavy (non-hydrogen) atoms. The Morgan fingerprint density at radius 1 is 1.24 bits per heavy atom. The van der Waals surface area contributed by atoms with Crippen LogP contribution in [0.25, 0.3) is 0 Å². The van der Waals surface area contributed by atoms with Gasteiger partial charge in [0.15, 0.2) is 6.10 Å². The Labute approximate surface area is 123 Å². The standard InChI is InChI=1S/C14H23NO6/c16-13(11-4-5-12(21-11)14(17)18)15-6-2-7-19-9-10-3-1-8-20-10/h10-12H,1-9H2,(H,15,16)(H,17,18)/t10?,11-,12+/m0/s1. The Morgan fingerprint density at radius 2 is 2.05 bits per heavy atom. The van der Waals surface area contributed by atoms with Gasteiger partial charge in [-0.2, -0.15) is 0 Å². The van der Waals surface area contributed by atoms with Crippen LogP contribution in [0.5, 0.6) is 0 Å². The van der Waals surface area contributed by atoms with E-state index >= 15 is 0 Å².